The summed E-state index contributed by atoms with van der Waals surface area (Å²) in [4.78, 5) is 14.7. The highest BCUT2D eigenvalue weighted by atomic mass is 32.2. The molecule has 86 valence electrons. The average Bonchev–Trinajstić information content (AvgIpc) is 2.33. The summed E-state index contributed by atoms with van der Waals surface area (Å²) in [6.07, 6.45) is 0. The maximum absolute atomic E-state index is 11.9. The fourth-order valence-electron chi connectivity index (χ4n) is 1.52. The van der Waals surface area contributed by atoms with Crippen LogP contribution in [-0.2, 0) is 4.74 Å². The Kier molecular flexibility index (Phi) is 3.85. The molecule has 0 bridgehead atoms. The van der Waals surface area contributed by atoms with E-state index in [-0.39, 0.29) is 5.24 Å². The molecule has 1 saturated heterocycles. The summed E-state index contributed by atoms with van der Waals surface area (Å²) in [5, 5.41) is 0.118. The molecule has 0 saturated carbocycles. The molecule has 1 aromatic carbocycles. The van der Waals surface area contributed by atoms with Crippen molar-refractivity contribution >= 4 is 17.0 Å². The molecule has 0 atom stereocenters. The number of thioether (sulfide) groups is 1. The number of nitrogens with zero attached hydrogens (tertiary/aromatic N) is 1. The van der Waals surface area contributed by atoms with E-state index in [2.05, 4.69) is 0 Å². The van der Waals surface area contributed by atoms with E-state index in [4.69, 9.17) is 4.74 Å². The lowest BCUT2D eigenvalue weighted by Crippen LogP contribution is -2.38. The van der Waals surface area contributed by atoms with Gasteiger partial charge in [0, 0.05) is 18.0 Å². The smallest absolute Gasteiger partial charge is 0.286 e. The molecule has 2 rings (SSSR count). The Balaban J connectivity index is 1.93. The monoisotopic (exact) mass is 237 g/mol. The van der Waals surface area contributed by atoms with E-state index < -0.39 is 0 Å². The number of morpholine rings is 1. The number of ether oxygens (including phenoxy) is 1. The number of benzene rings is 1. The van der Waals surface area contributed by atoms with Gasteiger partial charge in [-0.2, -0.15) is 0 Å². The molecule has 0 spiro atoms. The summed E-state index contributed by atoms with van der Waals surface area (Å²) in [6, 6.07) is 8.01. The van der Waals surface area contributed by atoms with E-state index in [0.717, 1.165) is 4.90 Å². The maximum Gasteiger partial charge on any atom is 0.286 e. The van der Waals surface area contributed by atoms with Crippen molar-refractivity contribution in [2.45, 2.75) is 11.8 Å². The molecule has 1 aliphatic heterocycles. The molecule has 1 aromatic rings. The van der Waals surface area contributed by atoms with Crippen LogP contribution in [0.1, 0.15) is 5.56 Å². The second-order valence-corrected chi connectivity index (χ2v) is 4.81. The van der Waals surface area contributed by atoms with Crippen LogP contribution in [0.25, 0.3) is 0 Å². The van der Waals surface area contributed by atoms with Gasteiger partial charge in [0.1, 0.15) is 0 Å². The zero-order valence-electron chi connectivity index (χ0n) is 9.31. The van der Waals surface area contributed by atoms with Crippen molar-refractivity contribution in [2.24, 2.45) is 0 Å². The molecule has 3 nitrogen and oxygen atoms in total. The highest BCUT2D eigenvalue weighted by Gasteiger charge is 2.17. The van der Waals surface area contributed by atoms with Crippen LogP contribution in [0.5, 0.6) is 0 Å². The molecule has 1 aliphatic rings. The third-order valence-corrected chi connectivity index (χ3v) is 3.44. The summed E-state index contributed by atoms with van der Waals surface area (Å²) in [5.41, 5.74) is 1.21. The summed E-state index contributed by atoms with van der Waals surface area (Å²) >= 11 is 1.29. The van der Waals surface area contributed by atoms with Gasteiger partial charge in [0.2, 0.25) is 0 Å². The van der Waals surface area contributed by atoms with Crippen LogP contribution >= 0.6 is 11.8 Å². The first-order chi connectivity index (χ1) is 7.75. The number of hydrogen-bond acceptors (Lipinski definition) is 3. The Morgan fingerprint density at radius 2 is 1.88 bits per heavy atom. The molecule has 1 heterocycles. The van der Waals surface area contributed by atoms with Crippen LogP contribution in [0.2, 0.25) is 0 Å². The Morgan fingerprint density at radius 1 is 1.25 bits per heavy atom. The van der Waals surface area contributed by atoms with Gasteiger partial charge in [0.05, 0.1) is 13.2 Å². The standard InChI is InChI=1S/C12H15NO2S/c1-10-2-4-11(5-3-10)16-12(14)13-6-8-15-9-7-13/h2-5H,6-9H2,1H3. The molecular formula is C12H15NO2S. The van der Waals surface area contributed by atoms with Gasteiger partial charge >= 0.3 is 0 Å². The summed E-state index contributed by atoms with van der Waals surface area (Å²) in [5.74, 6) is 0. The largest absolute Gasteiger partial charge is 0.378 e. The van der Waals surface area contributed by atoms with Crippen LogP contribution in [-0.4, -0.2) is 36.4 Å². The molecule has 0 N–H and O–H groups in total. The molecule has 1 fully saturated rings. The van der Waals surface area contributed by atoms with Crippen molar-refractivity contribution in [3.05, 3.63) is 29.8 Å². The highest BCUT2D eigenvalue weighted by molar-refractivity contribution is 8.13. The van der Waals surface area contributed by atoms with E-state index in [1.165, 1.54) is 17.3 Å². The number of hydrogen-bond donors (Lipinski definition) is 0. The molecular weight excluding hydrogens is 222 g/mol. The zero-order chi connectivity index (χ0) is 11.4. The van der Waals surface area contributed by atoms with Crippen molar-refractivity contribution in [1.82, 2.24) is 4.90 Å². The van der Waals surface area contributed by atoms with Crippen LogP contribution in [0.3, 0.4) is 0 Å². The predicted molar refractivity (Wildman–Crippen MR) is 64.8 cm³/mol. The molecule has 0 radical (unpaired) electrons. The second kappa shape index (κ2) is 5.37. The lowest BCUT2D eigenvalue weighted by molar-refractivity contribution is 0.0593. The average molecular weight is 237 g/mol. The number of carbonyl (C=O) groups is 1. The minimum absolute atomic E-state index is 0.118. The molecule has 0 unspecified atom stereocenters. The van der Waals surface area contributed by atoms with Gasteiger partial charge in [-0.25, -0.2) is 0 Å². The van der Waals surface area contributed by atoms with E-state index in [1.807, 2.05) is 36.1 Å². The molecule has 16 heavy (non-hydrogen) atoms. The number of carbonyl (C=O) groups excluding carboxylic acids is 1. The van der Waals surface area contributed by atoms with Crippen LogP contribution < -0.4 is 0 Å². The fourth-order valence-corrected chi connectivity index (χ4v) is 2.30. The highest BCUT2D eigenvalue weighted by Crippen LogP contribution is 2.22. The first kappa shape index (κ1) is 11.5. The van der Waals surface area contributed by atoms with E-state index >= 15 is 0 Å². The third kappa shape index (κ3) is 3.00. The van der Waals surface area contributed by atoms with Gasteiger partial charge in [-0.3, -0.25) is 4.79 Å². The number of amides is 1. The Morgan fingerprint density at radius 3 is 2.50 bits per heavy atom. The topological polar surface area (TPSA) is 29.5 Å². The lowest BCUT2D eigenvalue weighted by atomic mass is 10.2. The SMILES string of the molecule is Cc1ccc(SC(=O)N2CCOCC2)cc1. The van der Waals surface area contributed by atoms with Gasteiger partial charge in [-0.15, -0.1) is 0 Å². The summed E-state index contributed by atoms with van der Waals surface area (Å²) in [6.45, 7) is 4.76. The molecule has 1 amide bonds. The quantitative estimate of drug-likeness (QED) is 0.703. The van der Waals surface area contributed by atoms with Crippen LogP contribution in [0.4, 0.5) is 4.79 Å². The molecule has 4 heteroatoms. The van der Waals surface area contributed by atoms with E-state index in [1.54, 1.807) is 0 Å². The van der Waals surface area contributed by atoms with Crippen molar-refractivity contribution in [3.63, 3.8) is 0 Å². The normalized spacial score (nSPS) is 16.2. The first-order valence-corrected chi connectivity index (χ1v) is 6.18. The van der Waals surface area contributed by atoms with Gasteiger partial charge in [0.25, 0.3) is 5.24 Å². The molecule has 0 aliphatic carbocycles. The van der Waals surface area contributed by atoms with Gasteiger partial charge in [0.15, 0.2) is 0 Å². The van der Waals surface area contributed by atoms with Gasteiger partial charge < -0.3 is 9.64 Å². The summed E-state index contributed by atoms with van der Waals surface area (Å²) < 4.78 is 5.21. The Bertz CT molecular complexity index is 358. The second-order valence-electron chi connectivity index (χ2n) is 3.78. The summed E-state index contributed by atoms with van der Waals surface area (Å²) in [7, 11) is 0. The van der Waals surface area contributed by atoms with Crippen molar-refractivity contribution in [2.75, 3.05) is 26.3 Å². The van der Waals surface area contributed by atoms with Crippen molar-refractivity contribution in [3.8, 4) is 0 Å². The van der Waals surface area contributed by atoms with Crippen molar-refractivity contribution < 1.29 is 9.53 Å². The minimum atomic E-state index is 0.118. The van der Waals surface area contributed by atoms with Crippen molar-refractivity contribution in [1.29, 1.82) is 0 Å². The zero-order valence-corrected chi connectivity index (χ0v) is 10.1. The number of rotatable bonds is 1. The van der Waals surface area contributed by atoms with Gasteiger partial charge in [-0.05, 0) is 30.8 Å². The van der Waals surface area contributed by atoms with Gasteiger partial charge in [-0.1, -0.05) is 17.7 Å². The maximum atomic E-state index is 11.9. The fraction of sp³-hybridized carbons (Fsp3) is 0.417. The number of aryl methyl sites for hydroxylation is 1. The first-order valence-electron chi connectivity index (χ1n) is 5.37. The van der Waals surface area contributed by atoms with E-state index in [0.29, 0.717) is 26.3 Å². The Hall–Kier alpha value is -1.00. The van der Waals surface area contributed by atoms with Crippen LogP contribution in [0, 0.1) is 6.92 Å². The molecule has 0 aromatic heterocycles. The lowest BCUT2D eigenvalue weighted by Gasteiger charge is -2.26. The van der Waals surface area contributed by atoms with E-state index in [9.17, 15) is 4.79 Å². The van der Waals surface area contributed by atoms with Crippen LogP contribution in [0.15, 0.2) is 29.2 Å². The minimum Gasteiger partial charge on any atom is -0.378 e. The predicted octanol–water partition coefficient (Wildman–Crippen LogP) is 2.54. The third-order valence-electron chi connectivity index (χ3n) is 2.50. The Labute approximate surface area is 99.8 Å².